The molecule has 0 bridgehead atoms. The number of fused-ring (bicyclic) bond motifs is 5. The fourth-order valence-corrected chi connectivity index (χ4v) is 8.91. The monoisotopic (exact) mass is 693 g/mol. The molecule has 0 radical (unpaired) electrons. The molecule has 8 aromatic rings. The number of rotatable bonds is 6. The van der Waals surface area contributed by atoms with Crippen LogP contribution >= 0.6 is 0 Å². The van der Waals surface area contributed by atoms with Gasteiger partial charge in [-0.2, -0.15) is 0 Å². The quantitative estimate of drug-likeness (QED) is 0.174. The minimum atomic E-state index is 0.167. The second-order valence-electron chi connectivity index (χ2n) is 14.7. The van der Waals surface area contributed by atoms with Gasteiger partial charge in [-0.25, -0.2) is 15.0 Å². The van der Waals surface area contributed by atoms with Gasteiger partial charge in [-0.15, -0.1) is 0 Å². The fraction of sp³-hybridized carbons (Fsp3) is 0.118. The first kappa shape index (κ1) is 32.2. The van der Waals surface area contributed by atoms with Crippen molar-refractivity contribution in [2.75, 3.05) is 0 Å². The van der Waals surface area contributed by atoms with E-state index >= 15 is 0 Å². The van der Waals surface area contributed by atoms with Crippen LogP contribution in [0.4, 0.5) is 0 Å². The molecule has 0 aliphatic heterocycles. The molecule has 54 heavy (non-hydrogen) atoms. The summed E-state index contributed by atoms with van der Waals surface area (Å²) in [6.07, 6.45) is 6.46. The zero-order chi connectivity index (χ0) is 35.9. The zero-order valence-electron chi connectivity index (χ0n) is 30.1. The largest absolute Gasteiger partial charge is 0.208 e. The van der Waals surface area contributed by atoms with E-state index in [1.807, 2.05) is 60.7 Å². The Morgan fingerprint density at radius 1 is 0.315 bits per heavy atom. The van der Waals surface area contributed by atoms with Crippen molar-refractivity contribution in [2.24, 2.45) is 0 Å². The Balaban J connectivity index is 0.948. The maximum absolute atomic E-state index is 4.91. The van der Waals surface area contributed by atoms with Gasteiger partial charge in [0.05, 0.1) is 0 Å². The summed E-state index contributed by atoms with van der Waals surface area (Å²) in [5.41, 5.74) is 16.3. The SMILES string of the molecule is c1ccc(-c2nc(-c3ccccc3)nc(-c3ccc(-c4cccc(-c5ccc(-c6cccc7c6-c6ccccc6C76CCCCC6)cc5)c4)cc3)n2)cc1. The van der Waals surface area contributed by atoms with Crippen LogP contribution in [0.5, 0.6) is 0 Å². The molecule has 258 valence electrons. The summed E-state index contributed by atoms with van der Waals surface area (Å²) in [4.78, 5) is 14.7. The summed E-state index contributed by atoms with van der Waals surface area (Å²) in [5.74, 6) is 1.98. The second kappa shape index (κ2) is 13.5. The Morgan fingerprint density at radius 3 is 1.33 bits per heavy atom. The summed E-state index contributed by atoms with van der Waals surface area (Å²) >= 11 is 0. The maximum Gasteiger partial charge on any atom is 0.164 e. The van der Waals surface area contributed by atoms with Crippen LogP contribution in [0.25, 0.3) is 78.7 Å². The van der Waals surface area contributed by atoms with Gasteiger partial charge in [-0.1, -0.05) is 189 Å². The molecular weight excluding hydrogens is 655 g/mol. The third-order valence-electron chi connectivity index (χ3n) is 11.6. The van der Waals surface area contributed by atoms with Crippen LogP contribution in [0, 0.1) is 0 Å². The smallest absolute Gasteiger partial charge is 0.164 e. The van der Waals surface area contributed by atoms with E-state index in [2.05, 4.69) is 115 Å². The van der Waals surface area contributed by atoms with Crippen molar-refractivity contribution >= 4 is 0 Å². The van der Waals surface area contributed by atoms with Crippen LogP contribution in [-0.4, -0.2) is 15.0 Å². The van der Waals surface area contributed by atoms with Gasteiger partial charge < -0.3 is 0 Å². The lowest BCUT2D eigenvalue weighted by atomic mass is 9.68. The highest BCUT2D eigenvalue weighted by Crippen LogP contribution is 2.57. The molecule has 3 nitrogen and oxygen atoms in total. The first-order valence-electron chi connectivity index (χ1n) is 19.2. The third-order valence-corrected chi connectivity index (χ3v) is 11.6. The average molecular weight is 694 g/mol. The van der Waals surface area contributed by atoms with Crippen molar-refractivity contribution in [1.82, 2.24) is 15.0 Å². The highest BCUT2D eigenvalue weighted by atomic mass is 15.0. The summed E-state index contributed by atoms with van der Waals surface area (Å²) in [5, 5.41) is 0. The summed E-state index contributed by atoms with van der Waals surface area (Å²) in [6, 6.07) is 63.0. The molecule has 0 amide bonds. The van der Waals surface area contributed by atoms with E-state index < -0.39 is 0 Å². The molecule has 0 N–H and O–H groups in total. The molecular formula is C51H39N3. The maximum atomic E-state index is 4.91. The molecule has 1 aromatic heterocycles. The topological polar surface area (TPSA) is 38.7 Å². The van der Waals surface area contributed by atoms with Crippen molar-refractivity contribution in [3.05, 3.63) is 187 Å². The Hall–Kier alpha value is -6.45. The molecule has 0 atom stereocenters. The summed E-state index contributed by atoms with van der Waals surface area (Å²) < 4.78 is 0. The van der Waals surface area contributed by atoms with Crippen molar-refractivity contribution in [2.45, 2.75) is 37.5 Å². The van der Waals surface area contributed by atoms with E-state index in [0.29, 0.717) is 17.5 Å². The molecule has 2 aliphatic carbocycles. The first-order valence-corrected chi connectivity index (χ1v) is 19.2. The van der Waals surface area contributed by atoms with E-state index in [1.54, 1.807) is 0 Å². The Kier molecular flexibility index (Phi) is 8.06. The van der Waals surface area contributed by atoms with Gasteiger partial charge in [-0.3, -0.25) is 0 Å². The van der Waals surface area contributed by atoms with Crippen LogP contribution in [0.3, 0.4) is 0 Å². The average Bonchev–Trinajstić information content (AvgIpc) is 3.53. The molecule has 0 saturated heterocycles. The molecule has 1 saturated carbocycles. The van der Waals surface area contributed by atoms with E-state index in [1.165, 1.54) is 82.2 Å². The van der Waals surface area contributed by atoms with Crippen LogP contribution in [0.15, 0.2) is 176 Å². The van der Waals surface area contributed by atoms with E-state index in [-0.39, 0.29) is 5.41 Å². The molecule has 1 fully saturated rings. The predicted molar refractivity (Wildman–Crippen MR) is 222 cm³/mol. The van der Waals surface area contributed by atoms with Crippen molar-refractivity contribution in [3.8, 4) is 78.7 Å². The number of aromatic nitrogens is 3. The highest BCUT2D eigenvalue weighted by molar-refractivity contribution is 5.93. The van der Waals surface area contributed by atoms with Crippen molar-refractivity contribution in [3.63, 3.8) is 0 Å². The molecule has 0 unspecified atom stereocenters. The minimum absolute atomic E-state index is 0.167. The van der Waals surface area contributed by atoms with E-state index in [9.17, 15) is 0 Å². The van der Waals surface area contributed by atoms with E-state index in [4.69, 9.17) is 15.0 Å². The molecule has 1 spiro atoms. The third kappa shape index (κ3) is 5.64. The van der Waals surface area contributed by atoms with Gasteiger partial charge in [0.25, 0.3) is 0 Å². The number of nitrogens with zero attached hydrogens (tertiary/aromatic N) is 3. The van der Waals surface area contributed by atoms with Crippen LogP contribution in [-0.2, 0) is 5.41 Å². The van der Waals surface area contributed by atoms with Crippen molar-refractivity contribution in [1.29, 1.82) is 0 Å². The lowest BCUT2D eigenvalue weighted by molar-refractivity contribution is 0.353. The second-order valence-corrected chi connectivity index (χ2v) is 14.7. The van der Waals surface area contributed by atoms with Crippen LogP contribution < -0.4 is 0 Å². The fourth-order valence-electron chi connectivity index (χ4n) is 8.91. The molecule has 3 heteroatoms. The van der Waals surface area contributed by atoms with Crippen LogP contribution in [0.1, 0.15) is 43.2 Å². The van der Waals surface area contributed by atoms with Gasteiger partial charge in [0, 0.05) is 22.1 Å². The van der Waals surface area contributed by atoms with Crippen LogP contribution in [0.2, 0.25) is 0 Å². The first-order chi connectivity index (χ1) is 26.7. The molecule has 2 aliphatic rings. The lowest BCUT2D eigenvalue weighted by Gasteiger charge is -2.36. The Morgan fingerprint density at radius 2 is 0.741 bits per heavy atom. The van der Waals surface area contributed by atoms with Gasteiger partial charge in [0.15, 0.2) is 17.5 Å². The van der Waals surface area contributed by atoms with E-state index in [0.717, 1.165) is 22.3 Å². The normalized spacial score (nSPS) is 14.1. The number of benzene rings is 7. The van der Waals surface area contributed by atoms with Gasteiger partial charge in [-0.05, 0) is 74.5 Å². The number of hydrogen-bond donors (Lipinski definition) is 0. The minimum Gasteiger partial charge on any atom is -0.208 e. The van der Waals surface area contributed by atoms with Gasteiger partial charge >= 0.3 is 0 Å². The summed E-state index contributed by atoms with van der Waals surface area (Å²) in [6.45, 7) is 0. The standard InChI is InChI=1S/C51H39N3/c1-4-14-38(15-5-1)48-52-49(39-16-6-2-7-17-39)54-50(53-48)40-30-26-36(27-31-40)42-19-12-18-41(34-42)35-24-28-37(29-25-35)43-21-13-23-46-47(43)44-20-8-9-22-45(44)51(46)32-10-3-11-33-51/h1-2,4-9,12-31,34H,3,10-11,32-33H2. The molecule has 1 heterocycles. The van der Waals surface area contributed by atoms with Gasteiger partial charge in [0.1, 0.15) is 0 Å². The van der Waals surface area contributed by atoms with Gasteiger partial charge in [0.2, 0.25) is 0 Å². The molecule has 7 aromatic carbocycles. The number of hydrogen-bond acceptors (Lipinski definition) is 3. The van der Waals surface area contributed by atoms with Crippen molar-refractivity contribution < 1.29 is 0 Å². The predicted octanol–water partition coefficient (Wildman–Crippen LogP) is 13.1. The highest BCUT2D eigenvalue weighted by Gasteiger charge is 2.44. The molecule has 10 rings (SSSR count). The Bertz CT molecular complexity index is 2550. The Labute approximate surface area is 317 Å². The summed E-state index contributed by atoms with van der Waals surface area (Å²) in [7, 11) is 0. The lowest BCUT2D eigenvalue weighted by Crippen LogP contribution is -2.27. The zero-order valence-corrected chi connectivity index (χ0v) is 30.1.